The molecule has 1 aliphatic rings. The summed E-state index contributed by atoms with van der Waals surface area (Å²) in [6.07, 6.45) is 18.7. The Labute approximate surface area is 146 Å². The molecular weight excluding hydrogens is 302 g/mol. The number of aliphatic carboxylic acids is 1. The smallest absolute Gasteiger partial charge is 0.306 e. The molecule has 0 aromatic carbocycles. The molecule has 1 aromatic heterocycles. The fourth-order valence-electron chi connectivity index (χ4n) is 3.72. The summed E-state index contributed by atoms with van der Waals surface area (Å²) in [5.41, 5.74) is 2.27. The highest BCUT2D eigenvalue weighted by Crippen LogP contribution is 2.21. The van der Waals surface area contributed by atoms with E-state index in [1.54, 1.807) is 6.26 Å². The first kappa shape index (κ1) is 19.0. The minimum atomic E-state index is -0.630. The summed E-state index contributed by atoms with van der Waals surface area (Å²) in [6, 6.07) is 0. The summed E-state index contributed by atoms with van der Waals surface area (Å²) in [4.78, 5) is 11.4. The maximum Gasteiger partial charge on any atom is 0.306 e. The molecule has 1 N–H and O–H groups in total. The number of carbonyl (C=O) groups is 1. The van der Waals surface area contributed by atoms with Crippen LogP contribution in [0.3, 0.4) is 0 Å². The summed E-state index contributed by atoms with van der Waals surface area (Å²) >= 11 is 0. The van der Waals surface area contributed by atoms with Crippen LogP contribution in [-0.2, 0) is 17.6 Å². The first-order valence-corrected chi connectivity index (χ1v) is 9.92. The summed E-state index contributed by atoms with van der Waals surface area (Å²) in [5, 5.41) is 13.6. The molecule has 1 unspecified atom stereocenters. The molecule has 0 saturated carbocycles. The molecule has 0 aliphatic heterocycles. The molecule has 2 rings (SSSR count). The topological polar surface area (TPSA) is 63.3 Å². The second kappa shape index (κ2) is 11.3. The Morgan fingerprint density at radius 2 is 1.46 bits per heavy atom. The van der Waals surface area contributed by atoms with Gasteiger partial charge in [-0.3, -0.25) is 4.79 Å². The summed E-state index contributed by atoms with van der Waals surface area (Å²) in [7, 11) is 0. The molecular formula is C20H33NO3. The highest BCUT2D eigenvalue weighted by Gasteiger charge is 2.17. The van der Waals surface area contributed by atoms with Gasteiger partial charge in [-0.15, -0.1) is 0 Å². The molecule has 1 aromatic rings. The van der Waals surface area contributed by atoms with E-state index in [-0.39, 0.29) is 5.92 Å². The normalized spacial score (nSPS) is 22.9. The van der Waals surface area contributed by atoms with Crippen LogP contribution in [0.4, 0.5) is 0 Å². The fraction of sp³-hybridized carbons (Fsp3) is 0.800. The van der Waals surface area contributed by atoms with Gasteiger partial charge in [0.2, 0.25) is 0 Å². The van der Waals surface area contributed by atoms with Crippen LogP contribution in [0.1, 0.15) is 94.7 Å². The van der Waals surface area contributed by atoms with E-state index in [1.807, 2.05) is 0 Å². The molecule has 0 radical (unpaired) electrons. The lowest BCUT2D eigenvalue weighted by molar-refractivity contribution is -0.142. The zero-order chi connectivity index (χ0) is 17.0. The van der Waals surface area contributed by atoms with Crippen LogP contribution >= 0.6 is 0 Å². The van der Waals surface area contributed by atoms with Crippen molar-refractivity contribution in [2.45, 2.75) is 96.3 Å². The third kappa shape index (κ3) is 7.06. The first-order valence-electron chi connectivity index (χ1n) is 9.92. The van der Waals surface area contributed by atoms with Crippen LogP contribution in [0.25, 0.3) is 0 Å². The fourth-order valence-corrected chi connectivity index (χ4v) is 3.72. The van der Waals surface area contributed by atoms with E-state index >= 15 is 0 Å². The minimum absolute atomic E-state index is 0.188. The lowest BCUT2D eigenvalue weighted by Crippen LogP contribution is -2.14. The Morgan fingerprint density at radius 3 is 2.12 bits per heavy atom. The Hall–Kier alpha value is -1.32. The SMILES string of the molecule is O=C(O)C1CCCCCCCCCCCCc2nocc2CCC1. The van der Waals surface area contributed by atoms with Crippen LogP contribution in [0.15, 0.2) is 10.8 Å². The molecule has 0 bridgehead atoms. The van der Waals surface area contributed by atoms with Crippen LogP contribution in [0.5, 0.6) is 0 Å². The number of aryl methyl sites for hydroxylation is 2. The van der Waals surface area contributed by atoms with Gasteiger partial charge in [0.25, 0.3) is 0 Å². The lowest BCUT2D eigenvalue weighted by Gasteiger charge is -2.12. The van der Waals surface area contributed by atoms with Crippen LogP contribution in [0, 0.1) is 5.92 Å². The summed E-state index contributed by atoms with van der Waals surface area (Å²) in [5.74, 6) is -0.817. The van der Waals surface area contributed by atoms with Crippen LogP contribution in [-0.4, -0.2) is 16.2 Å². The van der Waals surface area contributed by atoms with Gasteiger partial charge < -0.3 is 9.63 Å². The molecule has 24 heavy (non-hydrogen) atoms. The summed E-state index contributed by atoms with van der Waals surface area (Å²) < 4.78 is 5.15. The molecule has 4 nitrogen and oxygen atoms in total. The third-order valence-corrected chi connectivity index (χ3v) is 5.29. The van der Waals surface area contributed by atoms with Gasteiger partial charge in [0, 0.05) is 5.56 Å². The Morgan fingerprint density at radius 1 is 0.875 bits per heavy atom. The standard InChI is InChI=1S/C20H33NO3/c22-20(23)17-12-9-7-5-3-1-2-4-6-8-10-15-19-18(14-11-13-17)16-24-21-19/h16-17H,1-15H2,(H,22,23). The predicted molar refractivity (Wildman–Crippen MR) is 95.1 cm³/mol. The van der Waals surface area contributed by atoms with E-state index in [0.29, 0.717) is 0 Å². The molecule has 1 heterocycles. The molecule has 136 valence electrons. The number of rotatable bonds is 1. The van der Waals surface area contributed by atoms with E-state index in [4.69, 9.17) is 4.52 Å². The maximum absolute atomic E-state index is 11.4. The van der Waals surface area contributed by atoms with Crippen LogP contribution < -0.4 is 0 Å². The second-order valence-electron chi connectivity index (χ2n) is 7.29. The van der Waals surface area contributed by atoms with Gasteiger partial charge in [-0.1, -0.05) is 62.9 Å². The monoisotopic (exact) mass is 335 g/mol. The molecule has 0 saturated heterocycles. The number of carboxylic acids is 1. The van der Waals surface area contributed by atoms with Gasteiger partial charge in [-0.05, 0) is 38.5 Å². The Balaban J connectivity index is 1.86. The van der Waals surface area contributed by atoms with Crippen molar-refractivity contribution in [3.05, 3.63) is 17.5 Å². The van der Waals surface area contributed by atoms with Crippen molar-refractivity contribution in [3.8, 4) is 0 Å². The average molecular weight is 335 g/mol. The van der Waals surface area contributed by atoms with Gasteiger partial charge in [-0.2, -0.15) is 0 Å². The van der Waals surface area contributed by atoms with Crippen molar-refractivity contribution in [2.75, 3.05) is 0 Å². The maximum atomic E-state index is 11.4. The highest BCUT2D eigenvalue weighted by molar-refractivity contribution is 5.69. The van der Waals surface area contributed by atoms with Gasteiger partial charge in [0.1, 0.15) is 6.26 Å². The number of nitrogens with zero attached hydrogens (tertiary/aromatic N) is 1. The number of fused-ring (bicyclic) bond motifs is 1. The third-order valence-electron chi connectivity index (χ3n) is 5.29. The predicted octanol–water partition coefficient (Wildman–Crippen LogP) is 5.55. The van der Waals surface area contributed by atoms with Gasteiger partial charge in [0.15, 0.2) is 0 Å². The van der Waals surface area contributed by atoms with E-state index < -0.39 is 5.97 Å². The van der Waals surface area contributed by atoms with Crippen molar-refractivity contribution in [2.24, 2.45) is 5.92 Å². The quantitative estimate of drug-likeness (QED) is 0.731. The summed E-state index contributed by atoms with van der Waals surface area (Å²) in [6.45, 7) is 0. The van der Waals surface area contributed by atoms with E-state index in [1.165, 1.54) is 63.4 Å². The number of hydrogen-bond acceptors (Lipinski definition) is 3. The average Bonchev–Trinajstić information content (AvgIpc) is 3.00. The highest BCUT2D eigenvalue weighted by atomic mass is 16.5. The van der Waals surface area contributed by atoms with Crippen molar-refractivity contribution in [1.29, 1.82) is 0 Å². The number of aromatic nitrogens is 1. The van der Waals surface area contributed by atoms with E-state index in [0.717, 1.165) is 44.2 Å². The molecule has 0 fully saturated rings. The molecule has 0 amide bonds. The van der Waals surface area contributed by atoms with E-state index in [2.05, 4.69) is 5.16 Å². The first-order chi connectivity index (χ1) is 11.8. The molecule has 1 atom stereocenters. The Kier molecular flexibility index (Phi) is 8.93. The molecule has 0 spiro atoms. The minimum Gasteiger partial charge on any atom is -0.481 e. The molecule has 1 aliphatic carbocycles. The number of carboxylic acid groups (broad SMARTS) is 1. The van der Waals surface area contributed by atoms with Gasteiger partial charge >= 0.3 is 5.97 Å². The zero-order valence-electron chi connectivity index (χ0n) is 15.0. The van der Waals surface area contributed by atoms with Crippen molar-refractivity contribution >= 4 is 5.97 Å². The Bertz CT molecular complexity index is 469. The number of hydrogen-bond donors (Lipinski definition) is 1. The van der Waals surface area contributed by atoms with Crippen molar-refractivity contribution in [3.63, 3.8) is 0 Å². The van der Waals surface area contributed by atoms with Gasteiger partial charge in [-0.25, -0.2) is 0 Å². The lowest BCUT2D eigenvalue weighted by atomic mass is 9.93. The van der Waals surface area contributed by atoms with Crippen molar-refractivity contribution in [1.82, 2.24) is 5.16 Å². The zero-order valence-corrected chi connectivity index (χ0v) is 15.0. The largest absolute Gasteiger partial charge is 0.481 e. The second-order valence-corrected chi connectivity index (χ2v) is 7.29. The van der Waals surface area contributed by atoms with Gasteiger partial charge in [0.05, 0.1) is 11.6 Å². The van der Waals surface area contributed by atoms with E-state index in [9.17, 15) is 9.90 Å². The molecule has 4 heteroatoms. The van der Waals surface area contributed by atoms with Crippen LogP contribution in [0.2, 0.25) is 0 Å². The van der Waals surface area contributed by atoms with Crippen molar-refractivity contribution < 1.29 is 14.4 Å².